The Labute approximate surface area is 436 Å². The molecule has 4 heterocycles. The van der Waals surface area contributed by atoms with Crippen LogP contribution in [0.5, 0.6) is 5.75 Å². The molecule has 7 aromatic rings. The summed E-state index contributed by atoms with van der Waals surface area (Å²) in [6.07, 6.45) is 6.38. The normalized spacial score (nSPS) is 13.4. The van der Waals surface area contributed by atoms with Gasteiger partial charge in [-0.25, -0.2) is 9.97 Å². The molecule has 0 aliphatic carbocycles. The summed E-state index contributed by atoms with van der Waals surface area (Å²) in [5, 5.41) is 35.9. The van der Waals surface area contributed by atoms with Crippen molar-refractivity contribution in [2.75, 3.05) is 49.2 Å². The number of likely N-dealkylation sites (tertiary alicyclic amines) is 2. The molecule has 9 rings (SSSR count). The lowest BCUT2D eigenvalue weighted by Gasteiger charge is -2.32. The number of nitrogens with one attached hydrogen (secondary N) is 3. The Hall–Kier alpha value is -9.65. The predicted molar refractivity (Wildman–Crippen MR) is 286 cm³/mol. The molecule has 75 heavy (non-hydrogen) atoms. The van der Waals surface area contributed by atoms with Crippen molar-refractivity contribution in [2.24, 2.45) is 0 Å². The molecule has 0 spiro atoms. The highest BCUT2D eigenvalue weighted by Gasteiger charge is 2.27. The average molecular weight is 995 g/mol. The zero-order valence-electron chi connectivity index (χ0n) is 41.8. The number of aryl methyl sites for hydroxylation is 2. The highest BCUT2D eigenvalue weighted by Crippen LogP contribution is 2.32. The number of nitriles is 3. The van der Waals surface area contributed by atoms with E-state index in [4.69, 9.17) is 20.5 Å². The van der Waals surface area contributed by atoms with Gasteiger partial charge in [0.25, 0.3) is 23.6 Å². The number of ether oxygens (including phenoxy) is 1. The summed E-state index contributed by atoms with van der Waals surface area (Å²) < 4.78 is 5.19. The van der Waals surface area contributed by atoms with Crippen molar-refractivity contribution in [3.8, 4) is 24.0 Å². The Balaban J connectivity index is 0.000000203. The smallest absolute Gasteiger partial charge is 0.257 e. The molecule has 3 N–H and O–H groups in total. The minimum atomic E-state index is -0.354. The molecule has 2 fully saturated rings. The van der Waals surface area contributed by atoms with E-state index in [2.05, 4.69) is 38.1 Å². The summed E-state index contributed by atoms with van der Waals surface area (Å²) in [5.74, 6) is 1.26. The molecule has 2 aromatic heterocycles. The lowest BCUT2D eigenvalue weighted by atomic mass is 9.89. The zero-order chi connectivity index (χ0) is 52.8. The third-order valence-corrected chi connectivity index (χ3v) is 13.6. The van der Waals surface area contributed by atoms with Crippen molar-refractivity contribution in [3.63, 3.8) is 0 Å². The third-order valence-electron chi connectivity index (χ3n) is 13.6. The van der Waals surface area contributed by atoms with Crippen molar-refractivity contribution in [1.82, 2.24) is 19.8 Å². The topological polar surface area (TPSA) is 217 Å². The second kappa shape index (κ2) is 24.2. The van der Waals surface area contributed by atoms with E-state index in [0.717, 1.165) is 48.2 Å². The van der Waals surface area contributed by atoms with E-state index in [9.17, 15) is 19.2 Å². The summed E-state index contributed by atoms with van der Waals surface area (Å²) in [6.45, 7) is 6.37. The Bertz CT molecular complexity index is 3320. The maximum Gasteiger partial charge on any atom is 0.257 e. The molecule has 2 saturated heterocycles. The van der Waals surface area contributed by atoms with Crippen LogP contribution >= 0.6 is 0 Å². The van der Waals surface area contributed by atoms with Crippen LogP contribution in [0, 0.1) is 47.8 Å². The minimum absolute atomic E-state index is 0.0475. The first kappa shape index (κ1) is 51.7. The van der Waals surface area contributed by atoms with Crippen LogP contribution in [0.15, 0.2) is 146 Å². The van der Waals surface area contributed by atoms with Crippen LogP contribution in [0.4, 0.5) is 22.9 Å². The second-order valence-corrected chi connectivity index (χ2v) is 18.4. The molecule has 374 valence electrons. The van der Waals surface area contributed by atoms with Crippen molar-refractivity contribution in [1.29, 1.82) is 15.8 Å². The van der Waals surface area contributed by atoms with E-state index in [1.807, 2.05) is 121 Å². The number of benzene rings is 5. The number of amides is 4. The summed E-state index contributed by atoms with van der Waals surface area (Å²) >= 11 is 0. The minimum Gasteiger partial charge on any atom is -0.497 e. The zero-order valence-corrected chi connectivity index (χ0v) is 41.8. The van der Waals surface area contributed by atoms with E-state index in [1.54, 1.807) is 49.7 Å². The Morgan fingerprint density at radius 2 is 1.03 bits per heavy atom. The molecule has 15 nitrogen and oxygen atoms in total. The van der Waals surface area contributed by atoms with Gasteiger partial charge in [-0.3, -0.25) is 19.2 Å². The monoisotopic (exact) mass is 994 g/mol. The lowest BCUT2D eigenvalue weighted by molar-refractivity contribution is 0.0705. The van der Waals surface area contributed by atoms with Crippen LogP contribution in [-0.4, -0.2) is 76.7 Å². The van der Waals surface area contributed by atoms with Gasteiger partial charge in [-0.1, -0.05) is 36.4 Å². The fraction of sp³-hybridized carbons (Fsp3) is 0.217. The number of piperidine rings is 2. The summed E-state index contributed by atoms with van der Waals surface area (Å²) in [5.41, 5.74) is 9.45. The van der Waals surface area contributed by atoms with Gasteiger partial charge < -0.3 is 30.5 Å². The van der Waals surface area contributed by atoms with Gasteiger partial charge in [0.2, 0.25) is 0 Å². The van der Waals surface area contributed by atoms with Crippen LogP contribution in [-0.2, 0) is 0 Å². The fourth-order valence-electron chi connectivity index (χ4n) is 9.08. The highest BCUT2D eigenvalue weighted by molar-refractivity contribution is 6.06. The van der Waals surface area contributed by atoms with Crippen LogP contribution < -0.4 is 20.7 Å². The summed E-state index contributed by atoms with van der Waals surface area (Å²) in [6, 6.07) is 46.1. The predicted octanol–water partition coefficient (Wildman–Crippen LogP) is 10.7. The molecular weight excluding hydrogens is 941 g/mol. The van der Waals surface area contributed by atoms with Gasteiger partial charge in [-0.05, 0) is 171 Å². The number of pyridine rings is 2. The van der Waals surface area contributed by atoms with Gasteiger partial charge in [0.05, 0.1) is 35.9 Å². The van der Waals surface area contributed by atoms with Crippen LogP contribution in [0.3, 0.4) is 0 Å². The molecule has 0 saturated carbocycles. The quantitative estimate of drug-likeness (QED) is 0.111. The van der Waals surface area contributed by atoms with Crippen LogP contribution in [0.1, 0.15) is 118 Å². The number of rotatable bonds is 11. The lowest BCUT2D eigenvalue weighted by Crippen LogP contribution is -2.38. The number of hydrogen-bond acceptors (Lipinski definition) is 11. The molecule has 5 aromatic carbocycles. The molecule has 0 unspecified atom stereocenters. The number of aromatic nitrogens is 2. The molecule has 2 aliphatic rings. The van der Waals surface area contributed by atoms with E-state index < -0.39 is 0 Å². The van der Waals surface area contributed by atoms with Crippen molar-refractivity contribution in [2.45, 2.75) is 51.4 Å². The van der Waals surface area contributed by atoms with Crippen molar-refractivity contribution >= 4 is 46.5 Å². The van der Waals surface area contributed by atoms with Gasteiger partial charge in [-0.15, -0.1) is 0 Å². The highest BCUT2D eigenvalue weighted by atomic mass is 16.5. The Kier molecular flexibility index (Phi) is 16.7. The molecule has 4 amide bonds. The van der Waals surface area contributed by atoms with Gasteiger partial charge in [-0.2, -0.15) is 15.8 Å². The maximum atomic E-state index is 13.4. The fourth-order valence-corrected chi connectivity index (χ4v) is 9.08. The van der Waals surface area contributed by atoms with E-state index in [0.29, 0.717) is 88.6 Å². The second-order valence-electron chi connectivity index (χ2n) is 18.4. The number of carbonyl (C=O) groups is 4. The van der Waals surface area contributed by atoms with Crippen LogP contribution in [0.2, 0.25) is 0 Å². The molecule has 0 radical (unpaired) electrons. The van der Waals surface area contributed by atoms with E-state index in [-0.39, 0.29) is 29.3 Å². The van der Waals surface area contributed by atoms with E-state index in [1.165, 1.54) is 23.4 Å². The number of anilines is 4. The molecular formula is C60H54N10O5. The van der Waals surface area contributed by atoms with Gasteiger partial charge >= 0.3 is 0 Å². The number of carbonyl (C=O) groups excluding carboxylic acids is 4. The van der Waals surface area contributed by atoms with E-state index >= 15 is 0 Å². The maximum absolute atomic E-state index is 13.4. The first-order valence-electron chi connectivity index (χ1n) is 24.6. The Morgan fingerprint density at radius 1 is 0.547 bits per heavy atom. The Morgan fingerprint density at radius 3 is 1.47 bits per heavy atom. The first-order chi connectivity index (χ1) is 36.4. The van der Waals surface area contributed by atoms with Crippen molar-refractivity contribution < 1.29 is 23.9 Å². The van der Waals surface area contributed by atoms with Gasteiger partial charge in [0.1, 0.15) is 23.3 Å². The molecule has 15 heteroatoms. The number of hydrogen-bond donors (Lipinski definition) is 3. The number of methoxy groups -OCH3 is 1. The molecule has 0 bridgehead atoms. The molecule has 2 aliphatic heterocycles. The largest absolute Gasteiger partial charge is 0.497 e. The third kappa shape index (κ3) is 13.1. The molecule has 0 atom stereocenters. The van der Waals surface area contributed by atoms with Crippen LogP contribution in [0.25, 0.3) is 0 Å². The van der Waals surface area contributed by atoms with Gasteiger partial charge in [0.15, 0.2) is 0 Å². The average Bonchev–Trinajstić information content (AvgIpc) is 3.46. The summed E-state index contributed by atoms with van der Waals surface area (Å²) in [7, 11) is 1.61. The standard InChI is InChI=1S/C33H31N5O3.C27H23N5O2/c1-22-3-6-27(33(40)38-17-14-25(15-18-38)24-7-4-23(21-34)5-8-24)19-30(22)37-32(39)26-13-16-35-31(20-26)36-28-9-11-29(41-2)12-10-28;1-18-2-5-22(14-25(18)31-26(33)23-8-9-24(16-29)30-17-23)27(34)32-12-10-21(11-13-32)20-6-3-19(15-28)4-7-20/h3-13,16,19-20,25H,14-15,17-18H2,1-2H3,(H,35,36)(H,37,39);2-9,14,17,21H,10-13H2,1H3,(H,31,33). The number of nitrogens with zero attached hydrogens (tertiary/aromatic N) is 7. The van der Waals surface area contributed by atoms with Crippen molar-refractivity contribution in [3.05, 3.63) is 207 Å². The SMILES string of the molecule is COc1ccc(Nc2cc(C(=O)Nc3cc(C(=O)N4CCC(c5ccc(C#N)cc5)CC4)ccc3C)ccn2)cc1.Cc1ccc(C(=O)N2CCC(c3ccc(C#N)cc3)CC2)cc1NC(=O)c1ccc(C#N)nc1. The first-order valence-corrected chi connectivity index (χ1v) is 24.6. The van der Waals surface area contributed by atoms with Gasteiger partial charge in [0, 0.05) is 72.3 Å². The summed E-state index contributed by atoms with van der Waals surface area (Å²) in [4.78, 5) is 64.2.